The van der Waals surface area contributed by atoms with Gasteiger partial charge in [-0.25, -0.2) is 0 Å². The number of ketones is 2. The van der Waals surface area contributed by atoms with Crippen molar-refractivity contribution in [2.24, 2.45) is 11.8 Å². The van der Waals surface area contributed by atoms with Gasteiger partial charge in [-0.2, -0.15) is 0 Å². The fourth-order valence-electron chi connectivity index (χ4n) is 3.80. The number of aliphatic hydroxyl groups is 1. The Bertz CT molecular complexity index is 1040. The summed E-state index contributed by atoms with van der Waals surface area (Å²) in [5.74, 6) is -3.65. The average Bonchev–Trinajstić information content (AvgIpc) is 2.50. The van der Waals surface area contributed by atoms with Crippen LogP contribution in [0, 0.1) is 11.8 Å². The monoisotopic (exact) mass is 338 g/mol. The highest BCUT2D eigenvalue weighted by atomic mass is 16.3. The molecule has 2 aromatic rings. The lowest BCUT2D eigenvalue weighted by Crippen LogP contribution is -2.37. The molecule has 2 aliphatic carbocycles. The number of phenols is 3. The first-order chi connectivity index (χ1) is 11.8. The van der Waals surface area contributed by atoms with Crippen molar-refractivity contribution >= 4 is 22.3 Å². The van der Waals surface area contributed by atoms with E-state index >= 15 is 0 Å². The maximum absolute atomic E-state index is 13.0. The van der Waals surface area contributed by atoms with Gasteiger partial charge in [0.25, 0.3) is 0 Å². The molecule has 25 heavy (non-hydrogen) atoms. The van der Waals surface area contributed by atoms with Crippen LogP contribution in [-0.4, -0.2) is 32.0 Å². The van der Waals surface area contributed by atoms with Gasteiger partial charge in [0, 0.05) is 11.6 Å². The van der Waals surface area contributed by atoms with Gasteiger partial charge in [0.2, 0.25) is 0 Å². The molecule has 6 nitrogen and oxygen atoms in total. The molecule has 0 heterocycles. The summed E-state index contributed by atoms with van der Waals surface area (Å²) in [4.78, 5) is 25.8. The van der Waals surface area contributed by atoms with Crippen LogP contribution in [0.5, 0.6) is 17.2 Å². The molecule has 0 bridgehead atoms. The predicted octanol–water partition coefficient (Wildman–Crippen LogP) is 2.97. The van der Waals surface area contributed by atoms with E-state index in [0.717, 1.165) is 6.07 Å². The molecule has 2 atom stereocenters. The summed E-state index contributed by atoms with van der Waals surface area (Å²) in [6.07, 6.45) is 2.76. The molecule has 0 fully saturated rings. The summed E-state index contributed by atoms with van der Waals surface area (Å²) in [6.45, 7) is 1.64. The second-order valence-corrected chi connectivity index (χ2v) is 6.42. The molecule has 6 heteroatoms. The summed E-state index contributed by atoms with van der Waals surface area (Å²) < 4.78 is 0. The third-order valence-electron chi connectivity index (χ3n) is 4.85. The second-order valence-electron chi connectivity index (χ2n) is 6.42. The van der Waals surface area contributed by atoms with E-state index in [1.165, 1.54) is 24.3 Å². The van der Waals surface area contributed by atoms with Crippen LogP contribution < -0.4 is 0 Å². The molecule has 2 aliphatic rings. The van der Waals surface area contributed by atoms with E-state index in [2.05, 4.69) is 0 Å². The van der Waals surface area contributed by atoms with Crippen LogP contribution >= 0.6 is 0 Å². The minimum absolute atomic E-state index is 0.00646. The van der Waals surface area contributed by atoms with Gasteiger partial charge in [-0.05, 0) is 36.6 Å². The third-order valence-corrected chi connectivity index (χ3v) is 4.85. The van der Waals surface area contributed by atoms with Gasteiger partial charge in [-0.3, -0.25) is 9.59 Å². The van der Waals surface area contributed by atoms with Crippen molar-refractivity contribution in [1.82, 2.24) is 0 Å². The van der Waals surface area contributed by atoms with Crippen LogP contribution in [0.1, 0.15) is 27.6 Å². The normalized spacial score (nSPS) is 22.3. The number of allylic oxidation sites excluding steroid dienone is 3. The lowest BCUT2D eigenvalue weighted by molar-refractivity contribution is 0.0788. The Morgan fingerprint density at radius 1 is 0.960 bits per heavy atom. The van der Waals surface area contributed by atoms with Crippen molar-refractivity contribution in [3.05, 3.63) is 52.8 Å². The zero-order chi connectivity index (χ0) is 18.0. The lowest BCUT2D eigenvalue weighted by atomic mass is 9.68. The van der Waals surface area contributed by atoms with Crippen LogP contribution in [0.3, 0.4) is 0 Å². The standard InChI is InChI=1S/C19H14O6/c1-7-2-9(20)5-12-14(7)18(24)16-11(17(12)23)4-8-3-10(21)6-13(22)15(8)19(16)25/h2-6,12,14,20-22,25H,1H3. The van der Waals surface area contributed by atoms with Gasteiger partial charge in [0.15, 0.2) is 11.6 Å². The molecule has 126 valence electrons. The largest absolute Gasteiger partial charge is 0.508 e. The number of carbonyl (C=O) groups is 2. The third kappa shape index (κ3) is 1.97. The first-order valence-electron chi connectivity index (χ1n) is 7.68. The van der Waals surface area contributed by atoms with Crippen molar-refractivity contribution in [3.63, 3.8) is 0 Å². The number of hydrogen-bond donors (Lipinski definition) is 4. The van der Waals surface area contributed by atoms with E-state index in [1.54, 1.807) is 6.92 Å². The summed E-state index contributed by atoms with van der Waals surface area (Å²) in [5, 5.41) is 40.3. The SMILES string of the molecule is CC1=CC(O)=CC2C(=O)c3cc4cc(O)cc(O)c4c(O)c3C(=O)C12. The van der Waals surface area contributed by atoms with E-state index in [-0.39, 0.29) is 39.2 Å². The first-order valence-corrected chi connectivity index (χ1v) is 7.68. The van der Waals surface area contributed by atoms with Crippen molar-refractivity contribution < 1.29 is 30.0 Å². The Labute approximate surface area is 142 Å². The molecule has 0 aromatic heterocycles. The number of benzene rings is 2. The maximum Gasteiger partial charge on any atom is 0.175 e. The Morgan fingerprint density at radius 3 is 2.40 bits per heavy atom. The summed E-state index contributed by atoms with van der Waals surface area (Å²) >= 11 is 0. The van der Waals surface area contributed by atoms with Gasteiger partial charge < -0.3 is 20.4 Å². The van der Waals surface area contributed by atoms with Gasteiger partial charge in [-0.15, -0.1) is 0 Å². The van der Waals surface area contributed by atoms with Gasteiger partial charge in [-0.1, -0.05) is 5.57 Å². The first kappa shape index (κ1) is 15.3. The van der Waals surface area contributed by atoms with Crippen LogP contribution in [0.15, 0.2) is 41.7 Å². The van der Waals surface area contributed by atoms with Crippen LogP contribution in [-0.2, 0) is 0 Å². The van der Waals surface area contributed by atoms with E-state index in [1.807, 2.05) is 0 Å². The molecule has 0 spiro atoms. The highest BCUT2D eigenvalue weighted by molar-refractivity contribution is 6.22. The molecule has 0 saturated carbocycles. The molecule has 0 aliphatic heterocycles. The minimum Gasteiger partial charge on any atom is -0.508 e. The summed E-state index contributed by atoms with van der Waals surface area (Å²) in [7, 11) is 0. The maximum atomic E-state index is 13.0. The molecule has 2 aromatic carbocycles. The quantitative estimate of drug-likeness (QED) is 0.587. The number of carbonyl (C=O) groups excluding carboxylic acids is 2. The molecular weight excluding hydrogens is 324 g/mol. The van der Waals surface area contributed by atoms with Crippen LogP contribution in [0.25, 0.3) is 10.8 Å². The molecule has 4 N–H and O–H groups in total. The number of phenolic OH excluding ortho intramolecular Hbond substituents is 3. The van der Waals surface area contributed by atoms with Crippen molar-refractivity contribution in [2.75, 3.05) is 0 Å². The average molecular weight is 338 g/mol. The van der Waals surface area contributed by atoms with Crippen molar-refractivity contribution in [2.45, 2.75) is 6.92 Å². The Balaban J connectivity index is 2.07. The number of fused-ring (bicyclic) bond motifs is 3. The minimum atomic E-state index is -0.840. The van der Waals surface area contributed by atoms with E-state index in [9.17, 15) is 30.0 Å². The molecule has 0 amide bonds. The lowest BCUT2D eigenvalue weighted by Gasteiger charge is -2.32. The zero-order valence-electron chi connectivity index (χ0n) is 13.1. The topological polar surface area (TPSA) is 115 Å². The van der Waals surface area contributed by atoms with Gasteiger partial charge >= 0.3 is 0 Å². The second kappa shape index (κ2) is 4.86. The van der Waals surface area contributed by atoms with E-state index in [4.69, 9.17) is 0 Å². The zero-order valence-corrected chi connectivity index (χ0v) is 13.1. The van der Waals surface area contributed by atoms with E-state index < -0.39 is 29.2 Å². The highest BCUT2D eigenvalue weighted by Gasteiger charge is 2.44. The Hall–Kier alpha value is -3.28. The Morgan fingerprint density at radius 2 is 1.68 bits per heavy atom. The Kier molecular flexibility index (Phi) is 2.97. The summed E-state index contributed by atoms with van der Waals surface area (Å²) in [5.41, 5.74) is 0.408. The number of aliphatic hydroxyl groups excluding tert-OH is 1. The molecule has 4 rings (SSSR count). The van der Waals surface area contributed by atoms with Crippen molar-refractivity contribution in [1.29, 1.82) is 0 Å². The fourth-order valence-corrected chi connectivity index (χ4v) is 3.80. The molecule has 0 radical (unpaired) electrons. The highest BCUT2D eigenvalue weighted by Crippen LogP contribution is 2.46. The van der Waals surface area contributed by atoms with Crippen LogP contribution in [0.2, 0.25) is 0 Å². The molecular formula is C19H14O6. The van der Waals surface area contributed by atoms with Gasteiger partial charge in [0.1, 0.15) is 23.0 Å². The molecule has 0 saturated heterocycles. The van der Waals surface area contributed by atoms with Crippen molar-refractivity contribution in [3.8, 4) is 17.2 Å². The number of aromatic hydroxyl groups is 3. The number of hydrogen-bond acceptors (Lipinski definition) is 6. The summed E-state index contributed by atoms with van der Waals surface area (Å²) in [6, 6.07) is 3.72. The van der Waals surface area contributed by atoms with E-state index in [0.29, 0.717) is 5.57 Å². The van der Waals surface area contributed by atoms with Crippen LogP contribution in [0.4, 0.5) is 0 Å². The smallest absolute Gasteiger partial charge is 0.175 e. The number of Topliss-reactive ketones (excluding diaryl/α,β-unsaturated/α-hetero) is 2. The fraction of sp³-hybridized carbons (Fsp3) is 0.158. The predicted molar refractivity (Wildman–Crippen MR) is 89.1 cm³/mol. The van der Waals surface area contributed by atoms with Gasteiger partial charge in [0.05, 0.1) is 22.8 Å². The number of rotatable bonds is 0. The molecule has 2 unspecified atom stereocenters.